The second-order valence-electron chi connectivity index (χ2n) is 7.31. The van der Waals surface area contributed by atoms with Crippen molar-refractivity contribution in [1.29, 1.82) is 0 Å². The first-order valence-corrected chi connectivity index (χ1v) is 11.6. The van der Waals surface area contributed by atoms with Gasteiger partial charge in [-0.15, -0.1) is 0 Å². The number of rotatable bonds is 2. The molecule has 0 radical (unpaired) electrons. The van der Waals surface area contributed by atoms with Gasteiger partial charge < -0.3 is 9.30 Å². The van der Waals surface area contributed by atoms with E-state index in [0.29, 0.717) is 18.2 Å². The minimum atomic E-state index is -1.70. The smallest absolute Gasteiger partial charge is 0.218 e. The third-order valence-electron chi connectivity index (χ3n) is 4.72. The van der Waals surface area contributed by atoms with Gasteiger partial charge in [-0.2, -0.15) is 0 Å². The second-order valence-corrected chi connectivity index (χ2v) is 12.1. The molecule has 3 nitrogen and oxygen atoms in total. The number of amides is 1. The fourth-order valence-corrected chi connectivity index (χ4v) is 5.56. The molecule has 0 N–H and O–H groups in total. The molecule has 1 aliphatic heterocycles. The zero-order valence-corrected chi connectivity index (χ0v) is 15.0. The number of piperidine rings is 1. The van der Waals surface area contributed by atoms with Crippen LogP contribution in [-0.2, 0) is 11.2 Å². The third kappa shape index (κ3) is 2.72. The molecule has 0 spiro atoms. The average Bonchev–Trinajstić information content (AvgIpc) is 2.63. The van der Waals surface area contributed by atoms with Gasteiger partial charge in [-0.3, -0.25) is 4.79 Å². The first-order chi connectivity index (χ1) is 10.4. The minimum absolute atomic E-state index is 0.318. The SMILES string of the molecule is COc1ccc2c(c1)CCC1CCC(=O)N([Si](C)(C)C)C1=C2. The van der Waals surface area contributed by atoms with Crippen molar-refractivity contribution in [2.75, 3.05) is 7.11 Å². The standard InChI is InChI=1S/C18H25NO2Si/c1-21-16-9-7-15-12-17-13(5-6-14(15)11-16)8-10-18(20)19(17)22(2,3)4/h7,9,11-13H,5-6,8,10H2,1-4H3. The molecule has 1 saturated heterocycles. The summed E-state index contributed by atoms with van der Waals surface area (Å²) in [7, 11) is 0.0123. The summed E-state index contributed by atoms with van der Waals surface area (Å²) < 4.78 is 7.52. The molecule has 0 bridgehead atoms. The van der Waals surface area contributed by atoms with Crippen molar-refractivity contribution in [2.45, 2.75) is 45.3 Å². The summed E-state index contributed by atoms with van der Waals surface area (Å²) in [6.07, 6.45) is 6.15. The largest absolute Gasteiger partial charge is 0.497 e. The maximum atomic E-state index is 12.5. The van der Waals surface area contributed by atoms with Crippen LogP contribution in [0.1, 0.15) is 30.4 Å². The zero-order valence-electron chi connectivity index (χ0n) is 14.0. The molecule has 1 heterocycles. The van der Waals surface area contributed by atoms with Crippen LogP contribution in [0.5, 0.6) is 5.75 Å². The van der Waals surface area contributed by atoms with Crippen LogP contribution in [0.2, 0.25) is 19.6 Å². The molecule has 1 fully saturated rings. The Balaban J connectivity index is 2.07. The first kappa shape index (κ1) is 15.3. The summed E-state index contributed by atoms with van der Waals surface area (Å²) in [6.45, 7) is 6.77. The van der Waals surface area contributed by atoms with Crippen LogP contribution in [0.15, 0.2) is 23.9 Å². The number of allylic oxidation sites excluding steroid dienone is 1. The van der Waals surface area contributed by atoms with Crippen molar-refractivity contribution in [3.05, 3.63) is 35.0 Å². The molecule has 1 atom stereocenters. The Morgan fingerprint density at radius 3 is 2.59 bits per heavy atom. The van der Waals surface area contributed by atoms with Gasteiger partial charge in [0.05, 0.1) is 7.11 Å². The molecule has 1 unspecified atom stereocenters. The summed E-state index contributed by atoms with van der Waals surface area (Å²) in [5.74, 6) is 1.75. The van der Waals surface area contributed by atoms with E-state index in [9.17, 15) is 4.79 Å². The number of methoxy groups -OCH3 is 1. The molecular weight excluding hydrogens is 290 g/mol. The quantitative estimate of drug-likeness (QED) is 0.770. The van der Waals surface area contributed by atoms with E-state index < -0.39 is 8.24 Å². The minimum Gasteiger partial charge on any atom is -0.497 e. The highest BCUT2D eigenvalue weighted by atomic mass is 28.3. The van der Waals surface area contributed by atoms with Crippen LogP contribution in [-0.4, -0.2) is 25.8 Å². The molecule has 22 heavy (non-hydrogen) atoms. The summed E-state index contributed by atoms with van der Waals surface area (Å²) >= 11 is 0. The summed E-state index contributed by atoms with van der Waals surface area (Å²) in [4.78, 5) is 12.5. The van der Waals surface area contributed by atoms with Gasteiger partial charge in [-0.05, 0) is 54.5 Å². The molecule has 1 aromatic carbocycles. The third-order valence-corrected chi connectivity index (χ3v) is 6.57. The highest BCUT2D eigenvalue weighted by Crippen LogP contribution is 2.39. The van der Waals surface area contributed by atoms with Crippen molar-refractivity contribution in [2.24, 2.45) is 5.92 Å². The van der Waals surface area contributed by atoms with Crippen LogP contribution < -0.4 is 4.74 Å². The van der Waals surface area contributed by atoms with E-state index >= 15 is 0 Å². The monoisotopic (exact) mass is 315 g/mol. The highest BCUT2D eigenvalue weighted by molar-refractivity contribution is 6.76. The molecule has 0 aromatic heterocycles. The van der Waals surface area contributed by atoms with E-state index in [1.165, 1.54) is 16.8 Å². The van der Waals surface area contributed by atoms with Gasteiger partial charge in [0.2, 0.25) is 5.91 Å². The van der Waals surface area contributed by atoms with Crippen molar-refractivity contribution in [3.8, 4) is 5.75 Å². The highest BCUT2D eigenvalue weighted by Gasteiger charge is 2.38. The predicted molar refractivity (Wildman–Crippen MR) is 92.2 cm³/mol. The lowest BCUT2D eigenvalue weighted by Gasteiger charge is -2.42. The predicted octanol–water partition coefficient (Wildman–Crippen LogP) is 4.06. The Bertz CT molecular complexity index is 630. The number of fused-ring (bicyclic) bond motifs is 2. The Kier molecular flexibility index (Phi) is 3.89. The lowest BCUT2D eigenvalue weighted by Crippen LogP contribution is -2.52. The molecule has 0 saturated carbocycles. The van der Waals surface area contributed by atoms with Gasteiger partial charge in [-0.1, -0.05) is 25.7 Å². The second kappa shape index (κ2) is 5.58. The summed E-state index contributed by atoms with van der Waals surface area (Å²) in [5, 5.41) is 0. The van der Waals surface area contributed by atoms with Crippen LogP contribution in [0.3, 0.4) is 0 Å². The molecule has 1 aliphatic carbocycles. The van der Waals surface area contributed by atoms with Crippen LogP contribution in [0.25, 0.3) is 6.08 Å². The van der Waals surface area contributed by atoms with Gasteiger partial charge in [-0.25, -0.2) is 0 Å². The Hall–Kier alpha value is -1.55. The van der Waals surface area contributed by atoms with Crippen molar-refractivity contribution in [3.63, 3.8) is 0 Å². The van der Waals surface area contributed by atoms with Crippen LogP contribution >= 0.6 is 0 Å². The summed E-state index contributed by atoms with van der Waals surface area (Å²) in [5.41, 5.74) is 3.85. The number of ether oxygens (including phenoxy) is 1. The molecule has 4 heteroatoms. The lowest BCUT2D eigenvalue weighted by atomic mass is 9.91. The molecule has 2 aliphatic rings. The number of aryl methyl sites for hydroxylation is 1. The van der Waals surface area contributed by atoms with Crippen LogP contribution in [0, 0.1) is 5.92 Å². The van der Waals surface area contributed by atoms with Gasteiger partial charge in [0.1, 0.15) is 5.75 Å². The van der Waals surface area contributed by atoms with E-state index in [1.807, 2.05) is 6.07 Å². The number of hydrogen-bond donors (Lipinski definition) is 0. The number of carbonyl (C=O) groups excluding carboxylic acids is 1. The molecular formula is C18H25NO2Si. The van der Waals surface area contributed by atoms with E-state index in [-0.39, 0.29) is 0 Å². The normalized spacial score (nSPS) is 21.6. The van der Waals surface area contributed by atoms with E-state index in [1.54, 1.807) is 7.11 Å². The number of carbonyl (C=O) groups is 1. The fraction of sp³-hybridized carbons (Fsp3) is 0.500. The zero-order chi connectivity index (χ0) is 15.9. The van der Waals surface area contributed by atoms with Gasteiger partial charge in [0, 0.05) is 12.1 Å². The number of benzene rings is 1. The van der Waals surface area contributed by atoms with Gasteiger partial charge >= 0.3 is 0 Å². The molecule has 118 valence electrons. The number of nitrogens with zero attached hydrogens (tertiary/aromatic N) is 1. The fourth-order valence-electron chi connectivity index (χ4n) is 3.68. The Morgan fingerprint density at radius 2 is 1.91 bits per heavy atom. The lowest BCUT2D eigenvalue weighted by molar-refractivity contribution is -0.127. The van der Waals surface area contributed by atoms with Crippen molar-refractivity contribution >= 4 is 20.2 Å². The summed E-state index contributed by atoms with van der Waals surface area (Å²) in [6, 6.07) is 6.29. The molecule has 3 rings (SSSR count). The first-order valence-electron chi connectivity index (χ1n) is 8.11. The topological polar surface area (TPSA) is 29.5 Å². The molecule has 1 amide bonds. The average molecular weight is 315 g/mol. The van der Waals surface area contributed by atoms with E-state index in [0.717, 1.165) is 25.0 Å². The Labute approximate surface area is 134 Å². The van der Waals surface area contributed by atoms with Crippen molar-refractivity contribution in [1.82, 2.24) is 4.57 Å². The van der Waals surface area contributed by atoms with Crippen LogP contribution in [0.4, 0.5) is 0 Å². The number of hydrogen-bond acceptors (Lipinski definition) is 2. The van der Waals surface area contributed by atoms with Crippen molar-refractivity contribution < 1.29 is 9.53 Å². The van der Waals surface area contributed by atoms with E-state index in [4.69, 9.17) is 4.74 Å². The van der Waals surface area contributed by atoms with E-state index in [2.05, 4.69) is 42.4 Å². The maximum Gasteiger partial charge on any atom is 0.218 e. The maximum absolute atomic E-state index is 12.5. The Morgan fingerprint density at radius 1 is 1.18 bits per heavy atom. The van der Waals surface area contributed by atoms with Gasteiger partial charge in [0.15, 0.2) is 8.24 Å². The molecule has 1 aromatic rings. The van der Waals surface area contributed by atoms with Gasteiger partial charge in [0.25, 0.3) is 0 Å².